The van der Waals surface area contributed by atoms with Crippen molar-refractivity contribution < 1.29 is 4.57 Å². The topological polar surface area (TPSA) is 19.7 Å². The Balaban J connectivity index is 2.00. The number of benzene rings is 3. The summed E-state index contributed by atoms with van der Waals surface area (Å²) in [6.07, 6.45) is 0. The van der Waals surface area contributed by atoms with Crippen LogP contribution >= 0.6 is 0 Å². The number of H-pyrrole nitrogens is 1. The number of hydrogen-bond donors (Lipinski definition) is 1. The fourth-order valence-electron chi connectivity index (χ4n) is 3.26. The van der Waals surface area contributed by atoms with E-state index in [1.165, 1.54) is 16.6 Å². The molecule has 0 radical (unpaired) electrons. The lowest BCUT2D eigenvalue weighted by Crippen LogP contribution is -2.31. The van der Waals surface area contributed by atoms with E-state index in [2.05, 4.69) is 109 Å². The average molecular weight is 327 g/mol. The SMILES string of the molecule is CC(C)(C)c1cccc(-c2[nH]c3ccccc3[n+]2-c2ccccc2)c1. The maximum Gasteiger partial charge on any atom is 0.292 e. The van der Waals surface area contributed by atoms with Crippen LogP contribution in [0.25, 0.3) is 28.1 Å². The minimum atomic E-state index is 0.125. The molecule has 0 atom stereocenters. The van der Waals surface area contributed by atoms with Crippen molar-refractivity contribution in [2.24, 2.45) is 0 Å². The van der Waals surface area contributed by atoms with Gasteiger partial charge in [-0.1, -0.05) is 63.2 Å². The van der Waals surface area contributed by atoms with Gasteiger partial charge in [-0.2, -0.15) is 4.57 Å². The lowest BCUT2D eigenvalue weighted by Gasteiger charge is -2.19. The molecule has 0 bridgehead atoms. The zero-order chi connectivity index (χ0) is 17.4. The summed E-state index contributed by atoms with van der Waals surface area (Å²) >= 11 is 0. The van der Waals surface area contributed by atoms with E-state index in [0.717, 1.165) is 17.0 Å². The number of hydrogen-bond acceptors (Lipinski definition) is 0. The Morgan fingerprint density at radius 2 is 1.48 bits per heavy atom. The number of nitrogens with one attached hydrogen (secondary N) is 1. The van der Waals surface area contributed by atoms with Gasteiger partial charge in [-0.05, 0) is 47.4 Å². The van der Waals surface area contributed by atoms with Crippen molar-refractivity contribution >= 4 is 11.0 Å². The van der Waals surface area contributed by atoms with E-state index >= 15 is 0 Å². The molecule has 124 valence electrons. The molecule has 1 heterocycles. The summed E-state index contributed by atoms with van der Waals surface area (Å²) in [5, 5.41) is 0. The van der Waals surface area contributed by atoms with E-state index < -0.39 is 0 Å². The van der Waals surface area contributed by atoms with Crippen molar-refractivity contribution in [3.05, 3.63) is 84.4 Å². The van der Waals surface area contributed by atoms with Gasteiger partial charge in [0.25, 0.3) is 5.82 Å². The lowest BCUT2D eigenvalue weighted by molar-refractivity contribution is -0.554. The molecule has 0 aliphatic rings. The largest absolute Gasteiger partial charge is 0.292 e. The highest BCUT2D eigenvalue weighted by Gasteiger charge is 2.23. The molecule has 0 unspecified atom stereocenters. The van der Waals surface area contributed by atoms with E-state index in [1.807, 2.05) is 0 Å². The van der Waals surface area contributed by atoms with E-state index in [1.54, 1.807) is 0 Å². The maximum atomic E-state index is 3.62. The van der Waals surface area contributed by atoms with E-state index in [0.29, 0.717) is 0 Å². The molecule has 2 heteroatoms. The summed E-state index contributed by atoms with van der Waals surface area (Å²) in [7, 11) is 0. The van der Waals surface area contributed by atoms with E-state index in [4.69, 9.17) is 0 Å². The van der Waals surface area contributed by atoms with Crippen molar-refractivity contribution in [3.63, 3.8) is 0 Å². The Hall–Kier alpha value is -2.87. The molecule has 1 aromatic heterocycles. The van der Waals surface area contributed by atoms with Crippen molar-refractivity contribution in [1.29, 1.82) is 0 Å². The van der Waals surface area contributed by atoms with Gasteiger partial charge in [0.1, 0.15) is 5.69 Å². The summed E-state index contributed by atoms with van der Waals surface area (Å²) in [6, 6.07) is 27.8. The minimum Gasteiger partial charge on any atom is -0.236 e. The average Bonchev–Trinajstić information content (AvgIpc) is 3.01. The first-order valence-corrected chi connectivity index (χ1v) is 8.73. The molecule has 0 saturated heterocycles. The van der Waals surface area contributed by atoms with Gasteiger partial charge in [-0.25, -0.2) is 4.98 Å². The van der Waals surface area contributed by atoms with E-state index in [9.17, 15) is 0 Å². The van der Waals surface area contributed by atoms with Crippen LogP contribution in [0.4, 0.5) is 0 Å². The maximum absolute atomic E-state index is 3.62. The summed E-state index contributed by atoms with van der Waals surface area (Å²) in [6.45, 7) is 6.76. The molecule has 0 aliphatic carbocycles. The van der Waals surface area contributed by atoms with Gasteiger partial charge in [0.2, 0.25) is 0 Å². The molecule has 4 aromatic rings. The number of fused-ring (bicyclic) bond motifs is 1. The first-order valence-electron chi connectivity index (χ1n) is 8.73. The van der Waals surface area contributed by atoms with Crippen LogP contribution in [0, 0.1) is 0 Å². The Labute approximate surface area is 148 Å². The Morgan fingerprint density at radius 1 is 0.760 bits per heavy atom. The standard InChI is InChI=1S/C23H22N2/c1-23(2,3)18-11-9-10-17(16-18)22-24-20-14-7-8-15-21(20)25(22)19-12-5-4-6-13-19/h4-16H,1-3H3/p+1. The number of aromatic amines is 1. The zero-order valence-electron chi connectivity index (χ0n) is 15.0. The number of imidazole rings is 1. The summed E-state index contributed by atoms with van der Waals surface area (Å²) < 4.78 is 2.30. The second-order valence-corrected chi connectivity index (χ2v) is 7.49. The monoisotopic (exact) mass is 327 g/mol. The molecule has 0 fully saturated rings. The normalized spacial score (nSPS) is 11.8. The van der Waals surface area contributed by atoms with Crippen LogP contribution in [-0.2, 0) is 5.41 Å². The summed E-state index contributed by atoms with van der Waals surface area (Å²) in [5.41, 5.74) is 6.15. The molecule has 0 amide bonds. The van der Waals surface area contributed by atoms with E-state index in [-0.39, 0.29) is 5.41 Å². The molecular formula is C23H23N2+. The predicted octanol–water partition coefficient (Wildman–Crippen LogP) is 5.41. The zero-order valence-corrected chi connectivity index (χ0v) is 15.0. The number of aromatic nitrogens is 2. The predicted molar refractivity (Wildman–Crippen MR) is 104 cm³/mol. The second-order valence-electron chi connectivity index (χ2n) is 7.49. The second kappa shape index (κ2) is 5.89. The van der Waals surface area contributed by atoms with Crippen LogP contribution in [0.2, 0.25) is 0 Å². The van der Waals surface area contributed by atoms with Gasteiger partial charge in [0, 0.05) is 0 Å². The highest BCUT2D eigenvalue weighted by atomic mass is 15.1. The summed E-state index contributed by atoms with van der Waals surface area (Å²) in [5.74, 6) is 1.11. The number of rotatable bonds is 2. The molecule has 0 aliphatic heterocycles. The van der Waals surface area contributed by atoms with Crippen molar-refractivity contribution in [2.75, 3.05) is 0 Å². The highest BCUT2D eigenvalue weighted by Crippen LogP contribution is 2.27. The van der Waals surface area contributed by atoms with Crippen LogP contribution in [-0.4, -0.2) is 4.98 Å². The highest BCUT2D eigenvalue weighted by molar-refractivity contribution is 5.75. The van der Waals surface area contributed by atoms with Crippen LogP contribution in [0.5, 0.6) is 0 Å². The van der Waals surface area contributed by atoms with Crippen molar-refractivity contribution in [1.82, 2.24) is 4.98 Å². The third-order valence-corrected chi connectivity index (χ3v) is 4.64. The van der Waals surface area contributed by atoms with Crippen LogP contribution in [0.1, 0.15) is 26.3 Å². The lowest BCUT2D eigenvalue weighted by atomic mass is 9.86. The molecule has 0 spiro atoms. The van der Waals surface area contributed by atoms with Crippen molar-refractivity contribution in [3.8, 4) is 17.1 Å². The molecule has 4 rings (SSSR count). The van der Waals surface area contributed by atoms with Crippen LogP contribution in [0.15, 0.2) is 78.9 Å². The number of para-hydroxylation sites is 3. The molecular weight excluding hydrogens is 304 g/mol. The first kappa shape index (κ1) is 15.6. The third kappa shape index (κ3) is 2.85. The van der Waals surface area contributed by atoms with Crippen LogP contribution < -0.4 is 4.57 Å². The van der Waals surface area contributed by atoms with Gasteiger partial charge in [-0.3, -0.25) is 0 Å². The fraction of sp³-hybridized carbons (Fsp3) is 0.174. The van der Waals surface area contributed by atoms with Crippen LogP contribution in [0.3, 0.4) is 0 Å². The van der Waals surface area contributed by atoms with Gasteiger partial charge in [-0.15, -0.1) is 0 Å². The smallest absolute Gasteiger partial charge is 0.236 e. The Bertz CT molecular complexity index is 1020. The number of nitrogens with zero attached hydrogens (tertiary/aromatic N) is 1. The third-order valence-electron chi connectivity index (χ3n) is 4.64. The van der Waals surface area contributed by atoms with Gasteiger partial charge >= 0.3 is 0 Å². The molecule has 2 nitrogen and oxygen atoms in total. The minimum absolute atomic E-state index is 0.125. The fourth-order valence-corrected chi connectivity index (χ4v) is 3.26. The Kier molecular flexibility index (Phi) is 3.69. The molecule has 25 heavy (non-hydrogen) atoms. The van der Waals surface area contributed by atoms with Gasteiger partial charge in [0.15, 0.2) is 11.0 Å². The molecule has 0 saturated carbocycles. The van der Waals surface area contributed by atoms with Gasteiger partial charge < -0.3 is 0 Å². The molecule has 1 N–H and O–H groups in total. The van der Waals surface area contributed by atoms with Crippen molar-refractivity contribution in [2.45, 2.75) is 26.2 Å². The quantitative estimate of drug-likeness (QED) is 0.475. The Morgan fingerprint density at radius 3 is 2.24 bits per heavy atom. The summed E-state index contributed by atoms with van der Waals surface area (Å²) in [4.78, 5) is 3.62. The molecule has 3 aromatic carbocycles. The van der Waals surface area contributed by atoms with Gasteiger partial charge in [0.05, 0.1) is 5.56 Å². The first-order chi connectivity index (χ1) is 12.0.